The summed E-state index contributed by atoms with van der Waals surface area (Å²) in [6.07, 6.45) is 5.42. The van der Waals surface area contributed by atoms with Crippen molar-refractivity contribution < 1.29 is 0 Å². The van der Waals surface area contributed by atoms with Gasteiger partial charge in [-0.05, 0) is 13.0 Å². The first-order valence-electron chi connectivity index (χ1n) is 5.30. The van der Waals surface area contributed by atoms with E-state index in [2.05, 4.69) is 20.5 Å². The molecule has 6 heteroatoms. The highest BCUT2D eigenvalue weighted by Gasteiger charge is 2.06. The van der Waals surface area contributed by atoms with Crippen molar-refractivity contribution in [2.75, 3.05) is 5.32 Å². The van der Waals surface area contributed by atoms with E-state index in [4.69, 9.17) is 0 Å². The summed E-state index contributed by atoms with van der Waals surface area (Å²) in [5.41, 5.74) is 1.90. The molecule has 3 heterocycles. The smallest absolute Gasteiger partial charge is 0.157 e. The summed E-state index contributed by atoms with van der Waals surface area (Å²) >= 11 is 0. The number of aromatic nitrogens is 5. The summed E-state index contributed by atoms with van der Waals surface area (Å²) < 4.78 is 3.54. The molecule has 0 fully saturated rings. The minimum atomic E-state index is 0.756. The highest BCUT2D eigenvalue weighted by Crippen LogP contribution is 2.18. The standard InChI is InChI=1S/C11H12N6/c1-8-7-9-11(12-4-6-17(9)14-8)13-10-3-5-16(2)15-10/h3-7H,1-2H3,(H,12,13,15). The second-order valence-electron chi connectivity index (χ2n) is 3.89. The molecule has 0 aliphatic carbocycles. The predicted octanol–water partition coefficient (Wildman–Crippen LogP) is 1.51. The molecule has 17 heavy (non-hydrogen) atoms. The zero-order valence-electron chi connectivity index (χ0n) is 9.62. The second-order valence-corrected chi connectivity index (χ2v) is 3.89. The van der Waals surface area contributed by atoms with Crippen LogP contribution >= 0.6 is 0 Å². The van der Waals surface area contributed by atoms with Crippen LogP contribution in [0, 0.1) is 6.92 Å². The Bertz CT molecular complexity index is 665. The molecule has 0 aromatic carbocycles. The number of fused-ring (bicyclic) bond motifs is 1. The van der Waals surface area contributed by atoms with Crippen LogP contribution in [-0.2, 0) is 7.05 Å². The molecular weight excluding hydrogens is 216 g/mol. The van der Waals surface area contributed by atoms with Crippen molar-refractivity contribution in [3.05, 3.63) is 36.4 Å². The Morgan fingerprint density at radius 1 is 1.24 bits per heavy atom. The summed E-state index contributed by atoms with van der Waals surface area (Å²) in [4.78, 5) is 4.30. The maximum absolute atomic E-state index is 4.33. The van der Waals surface area contributed by atoms with E-state index in [9.17, 15) is 0 Å². The van der Waals surface area contributed by atoms with Gasteiger partial charge >= 0.3 is 0 Å². The van der Waals surface area contributed by atoms with Crippen molar-refractivity contribution in [3.63, 3.8) is 0 Å². The first kappa shape index (κ1) is 9.83. The maximum atomic E-state index is 4.33. The largest absolute Gasteiger partial charge is 0.322 e. The Morgan fingerprint density at radius 3 is 2.88 bits per heavy atom. The van der Waals surface area contributed by atoms with Gasteiger partial charge in [0.1, 0.15) is 5.52 Å². The molecule has 0 bridgehead atoms. The molecule has 0 radical (unpaired) electrons. The first-order chi connectivity index (χ1) is 8.22. The molecule has 0 saturated heterocycles. The van der Waals surface area contributed by atoms with E-state index in [0.29, 0.717) is 0 Å². The number of nitrogens with zero attached hydrogens (tertiary/aromatic N) is 5. The minimum Gasteiger partial charge on any atom is -0.322 e. The molecule has 1 N–H and O–H groups in total. The van der Waals surface area contributed by atoms with Crippen LogP contribution in [0.2, 0.25) is 0 Å². The van der Waals surface area contributed by atoms with E-state index in [0.717, 1.165) is 22.8 Å². The van der Waals surface area contributed by atoms with Gasteiger partial charge in [-0.3, -0.25) is 4.68 Å². The zero-order valence-corrected chi connectivity index (χ0v) is 9.62. The number of rotatable bonds is 2. The van der Waals surface area contributed by atoms with E-state index >= 15 is 0 Å². The van der Waals surface area contributed by atoms with Crippen molar-refractivity contribution >= 4 is 17.2 Å². The summed E-state index contributed by atoms with van der Waals surface area (Å²) in [5.74, 6) is 1.53. The number of aryl methyl sites for hydroxylation is 2. The highest BCUT2D eigenvalue weighted by atomic mass is 15.3. The van der Waals surface area contributed by atoms with Crippen molar-refractivity contribution in [3.8, 4) is 0 Å². The Morgan fingerprint density at radius 2 is 2.12 bits per heavy atom. The molecular formula is C11H12N6. The van der Waals surface area contributed by atoms with Crippen LogP contribution in [0.5, 0.6) is 0 Å². The van der Waals surface area contributed by atoms with Gasteiger partial charge in [0.15, 0.2) is 11.6 Å². The monoisotopic (exact) mass is 228 g/mol. The van der Waals surface area contributed by atoms with Crippen molar-refractivity contribution in [2.45, 2.75) is 6.92 Å². The van der Waals surface area contributed by atoms with Crippen LogP contribution in [0.15, 0.2) is 30.7 Å². The summed E-state index contributed by atoms with van der Waals surface area (Å²) in [6, 6.07) is 3.88. The quantitative estimate of drug-likeness (QED) is 0.722. The fraction of sp³-hybridized carbons (Fsp3) is 0.182. The van der Waals surface area contributed by atoms with E-state index in [-0.39, 0.29) is 0 Å². The molecule has 3 aromatic rings. The van der Waals surface area contributed by atoms with Crippen LogP contribution in [-0.4, -0.2) is 24.4 Å². The van der Waals surface area contributed by atoms with E-state index in [1.807, 2.05) is 38.5 Å². The Hall–Kier alpha value is -2.37. The van der Waals surface area contributed by atoms with Crippen LogP contribution in [0.4, 0.5) is 11.6 Å². The first-order valence-corrected chi connectivity index (χ1v) is 5.30. The van der Waals surface area contributed by atoms with E-state index < -0.39 is 0 Å². The number of hydrogen-bond acceptors (Lipinski definition) is 4. The zero-order chi connectivity index (χ0) is 11.8. The van der Waals surface area contributed by atoms with E-state index in [1.165, 1.54) is 0 Å². The van der Waals surface area contributed by atoms with Crippen molar-refractivity contribution in [1.82, 2.24) is 24.4 Å². The Labute approximate surface area is 97.9 Å². The van der Waals surface area contributed by atoms with Gasteiger partial charge in [-0.25, -0.2) is 9.50 Å². The lowest BCUT2D eigenvalue weighted by atomic mass is 10.4. The number of anilines is 2. The molecule has 0 amide bonds. The van der Waals surface area contributed by atoms with E-state index in [1.54, 1.807) is 15.4 Å². The van der Waals surface area contributed by atoms with Gasteiger partial charge in [0.25, 0.3) is 0 Å². The average Bonchev–Trinajstić information content (AvgIpc) is 2.84. The molecule has 3 aromatic heterocycles. The van der Waals surface area contributed by atoms with Crippen LogP contribution in [0.1, 0.15) is 5.69 Å². The second kappa shape index (κ2) is 3.58. The SMILES string of the molecule is Cc1cc2c(Nc3ccn(C)n3)nccn2n1. The van der Waals surface area contributed by atoms with Gasteiger partial charge in [-0.15, -0.1) is 0 Å². The molecule has 0 aliphatic rings. The van der Waals surface area contributed by atoms with Crippen LogP contribution in [0.25, 0.3) is 5.52 Å². The fourth-order valence-electron chi connectivity index (χ4n) is 1.74. The maximum Gasteiger partial charge on any atom is 0.157 e. The predicted molar refractivity (Wildman–Crippen MR) is 64.2 cm³/mol. The lowest BCUT2D eigenvalue weighted by Gasteiger charge is -2.03. The molecule has 0 unspecified atom stereocenters. The normalized spacial score (nSPS) is 10.9. The molecule has 86 valence electrons. The lowest BCUT2D eigenvalue weighted by Crippen LogP contribution is -1.99. The van der Waals surface area contributed by atoms with Gasteiger partial charge in [0, 0.05) is 31.7 Å². The molecule has 0 aliphatic heterocycles. The Kier molecular flexibility index (Phi) is 2.07. The minimum absolute atomic E-state index is 0.756. The highest BCUT2D eigenvalue weighted by molar-refractivity contribution is 5.71. The third kappa shape index (κ3) is 1.73. The van der Waals surface area contributed by atoms with Gasteiger partial charge in [0.05, 0.1) is 5.69 Å². The molecule has 0 spiro atoms. The van der Waals surface area contributed by atoms with Crippen molar-refractivity contribution in [1.29, 1.82) is 0 Å². The van der Waals surface area contributed by atoms with Crippen molar-refractivity contribution in [2.24, 2.45) is 7.05 Å². The van der Waals surface area contributed by atoms with Gasteiger partial charge in [-0.1, -0.05) is 0 Å². The number of hydrogen-bond donors (Lipinski definition) is 1. The van der Waals surface area contributed by atoms with Gasteiger partial charge < -0.3 is 5.32 Å². The summed E-state index contributed by atoms with van der Waals surface area (Å²) in [7, 11) is 1.88. The fourth-order valence-corrected chi connectivity index (χ4v) is 1.74. The van der Waals surface area contributed by atoms with Crippen LogP contribution < -0.4 is 5.32 Å². The molecule has 3 rings (SSSR count). The third-order valence-electron chi connectivity index (χ3n) is 2.47. The average molecular weight is 228 g/mol. The molecule has 0 saturated carbocycles. The summed E-state index contributed by atoms with van der Waals surface area (Å²) in [5, 5.41) is 11.8. The van der Waals surface area contributed by atoms with Gasteiger partial charge in [-0.2, -0.15) is 10.2 Å². The molecule has 6 nitrogen and oxygen atoms in total. The Balaban J connectivity index is 2.05. The van der Waals surface area contributed by atoms with Crippen LogP contribution in [0.3, 0.4) is 0 Å². The van der Waals surface area contributed by atoms with Gasteiger partial charge in [0.2, 0.25) is 0 Å². The topological polar surface area (TPSA) is 60.0 Å². The third-order valence-corrected chi connectivity index (χ3v) is 2.47. The lowest BCUT2D eigenvalue weighted by molar-refractivity contribution is 0.771. The number of nitrogens with one attached hydrogen (secondary N) is 1. The summed E-state index contributed by atoms with van der Waals surface area (Å²) in [6.45, 7) is 1.96. The molecule has 0 atom stereocenters.